The van der Waals surface area contributed by atoms with Crippen LogP contribution in [0, 0.1) is 16.7 Å². The number of nitrogens with one attached hydrogen (secondary N) is 4. The third kappa shape index (κ3) is 6.58. The molecule has 0 spiro atoms. The summed E-state index contributed by atoms with van der Waals surface area (Å²) in [5.41, 5.74) is 3.47. The molecule has 0 radical (unpaired) electrons. The summed E-state index contributed by atoms with van der Waals surface area (Å²) in [6.07, 6.45) is 11.9. The number of urea groups is 1. The summed E-state index contributed by atoms with van der Waals surface area (Å²) in [6, 6.07) is 6.88. The Balaban J connectivity index is 1.17. The van der Waals surface area contributed by atoms with Crippen molar-refractivity contribution < 1.29 is 19.6 Å². The fraction of sp³-hybridized carbons (Fsp3) is 0.679. The van der Waals surface area contributed by atoms with E-state index in [1.807, 2.05) is 0 Å². The first-order valence-electron chi connectivity index (χ1n) is 13.5. The van der Waals surface area contributed by atoms with Crippen molar-refractivity contribution in [3.8, 4) is 0 Å². The maximum Gasteiger partial charge on any atom is 0.319 e. The van der Waals surface area contributed by atoms with Crippen LogP contribution in [0.1, 0.15) is 101 Å². The number of hydroxylamine groups is 1. The van der Waals surface area contributed by atoms with E-state index in [4.69, 9.17) is 5.21 Å². The van der Waals surface area contributed by atoms with Gasteiger partial charge in [-0.05, 0) is 92.4 Å². The number of unbranched alkanes of at least 4 members (excludes halogenated alkanes) is 4. The van der Waals surface area contributed by atoms with Crippen molar-refractivity contribution in [2.45, 2.75) is 96.4 Å². The monoisotopic (exact) mass is 498 g/mol. The smallest absolute Gasteiger partial charge is 0.319 e. The number of carbonyl (C=O) groups excluding carboxylic acids is 3. The highest BCUT2D eigenvalue weighted by atomic mass is 16.5. The van der Waals surface area contributed by atoms with Crippen LogP contribution in [0.25, 0.3) is 0 Å². The van der Waals surface area contributed by atoms with Gasteiger partial charge < -0.3 is 16.0 Å². The molecule has 0 heterocycles. The number of rotatable bonds is 11. The van der Waals surface area contributed by atoms with Crippen molar-refractivity contribution in [2.75, 3.05) is 11.9 Å². The molecule has 4 saturated carbocycles. The van der Waals surface area contributed by atoms with E-state index in [0.29, 0.717) is 35.0 Å². The normalized spacial score (nSPS) is 30.0. The Kier molecular flexibility index (Phi) is 7.93. The largest absolute Gasteiger partial charge is 0.352 e. The van der Waals surface area contributed by atoms with Crippen molar-refractivity contribution in [1.29, 1.82) is 0 Å². The average molecular weight is 499 g/mol. The average Bonchev–Trinajstić information content (AvgIpc) is 2.78. The number of anilines is 1. The molecule has 8 nitrogen and oxygen atoms in total. The molecule has 4 bridgehead atoms. The third-order valence-corrected chi connectivity index (χ3v) is 8.40. The maximum atomic E-state index is 12.9. The van der Waals surface area contributed by atoms with Crippen LogP contribution >= 0.6 is 0 Å². The lowest BCUT2D eigenvalue weighted by Crippen LogP contribution is -2.65. The molecule has 1 aromatic rings. The number of hydrogen-bond acceptors (Lipinski definition) is 4. The standard InChI is InChI=1S/C28H42N4O4/c1-26-14-20-15-27(2,17-26)19-28(16-20,18-26)31-25(35)30-22-11-9-21(10-12-22)24(34)29-13-7-5-3-4-6-8-23(33)32-36/h9-12,20,36H,3-8,13-19H2,1-2H3,(H,29,34)(H,32,33)(H2,30,31,35)/t20?,26-,27+,28?. The predicted molar refractivity (Wildman–Crippen MR) is 139 cm³/mol. The summed E-state index contributed by atoms with van der Waals surface area (Å²) in [5, 5.41) is 17.7. The van der Waals surface area contributed by atoms with Gasteiger partial charge in [-0.15, -0.1) is 0 Å². The number of benzene rings is 1. The second kappa shape index (κ2) is 10.8. The van der Waals surface area contributed by atoms with Crippen molar-refractivity contribution >= 4 is 23.5 Å². The predicted octanol–water partition coefficient (Wildman–Crippen LogP) is 5.13. The summed E-state index contributed by atoms with van der Waals surface area (Å²) in [5.74, 6) is 0.241. The van der Waals surface area contributed by atoms with Gasteiger partial charge in [-0.2, -0.15) is 0 Å². The summed E-state index contributed by atoms with van der Waals surface area (Å²) in [7, 11) is 0. The number of amides is 4. The molecule has 1 aromatic carbocycles. The van der Waals surface area contributed by atoms with Gasteiger partial charge >= 0.3 is 6.03 Å². The zero-order valence-corrected chi connectivity index (χ0v) is 21.8. The van der Waals surface area contributed by atoms with E-state index in [9.17, 15) is 14.4 Å². The molecule has 0 aromatic heterocycles. The molecule has 0 aliphatic heterocycles. The van der Waals surface area contributed by atoms with Crippen LogP contribution in [0.5, 0.6) is 0 Å². The summed E-state index contributed by atoms with van der Waals surface area (Å²) >= 11 is 0. The molecular weight excluding hydrogens is 456 g/mol. The fourth-order valence-corrected chi connectivity index (χ4v) is 8.00. The zero-order valence-electron chi connectivity index (χ0n) is 21.8. The van der Waals surface area contributed by atoms with Crippen LogP contribution in [-0.2, 0) is 4.79 Å². The first kappa shape index (κ1) is 26.5. The van der Waals surface area contributed by atoms with Crippen LogP contribution in [0.4, 0.5) is 10.5 Å². The molecule has 36 heavy (non-hydrogen) atoms. The van der Waals surface area contributed by atoms with Gasteiger partial charge in [0.05, 0.1) is 0 Å². The minimum absolute atomic E-state index is 0.0963. The van der Waals surface area contributed by atoms with E-state index in [1.165, 1.54) is 19.3 Å². The van der Waals surface area contributed by atoms with E-state index in [-0.39, 0.29) is 23.4 Å². The second-order valence-corrected chi connectivity index (χ2v) is 12.4. The molecule has 4 amide bonds. The van der Waals surface area contributed by atoms with Crippen molar-refractivity contribution in [3.05, 3.63) is 29.8 Å². The molecule has 2 unspecified atom stereocenters. The SMILES string of the molecule is C[C@]12CC3CC(NC(=O)Nc4ccc(C(=O)NCCCCCCCC(=O)NO)cc4)(C1)C[C@@](C)(C3)C2. The summed E-state index contributed by atoms with van der Waals surface area (Å²) in [6.45, 7) is 5.39. The Bertz CT molecular complexity index is 945. The van der Waals surface area contributed by atoms with Gasteiger partial charge in [0.1, 0.15) is 0 Å². The lowest BCUT2D eigenvalue weighted by Gasteiger charge is -2.65. The Labute approximate surface area is 214 Å². The highest BCUT2D eigenvalue weighted by Gasteiger charge is 2.60. The van der Waals surface area contributed by atoms with Crippen LogP contribution < -0.4 is 21.4 Å². The number of carbonyl (C=O) groups is 3. The lowest BCUT2D eigenvalue weighted by atomic mass is 9.43. The first-order chi connectivity index (χ1) is 17.1. The first-order valence-corrected chi connectivity index (χ1v) is 13.5. The van der Waals surface area contributed by atoms with Gasteiger partial charge in [0.15, 0.2) is 0 Å². The van der Waals surface area contributed by atoms with Crippen LogP contribution in [0.3, 0.4) is 0 Å². The maximum absolute atomic E-state index is 12.9. The van der Waals surface area contributed by atoms with Gasteiger partial charge in [-0.1, -0.05) is 33.1 Å². The van der Waals surface area contributed by atoms with Gasteiger partial charge in [-0.25, -0.2) is 10.3 Å². The van der Waals surface area contributed by atoms with Crippen molar-refractivity contribution in [3.63, 3.8) is 0 Å². The van der Waals surface area contributed by atoms with Crippen LogP contribution in [0.15, 0.2) is 24.3 Å². The molecule has 0 saturated heterocycles. The highest BCUT2D eigenvalue weighted by molar-refractivity contribution is 5.95. The van der Waals surface area contributed by atoms with Crippen LogP contribution in [-0.4, -0.2) is 35.1 Å². The number of hydrogen-bond donors (Lipinski definition) is 5. The highest BCUT2D eigenvalue weighted by Crippen LogP contribution is 2.66. The lowest BCUT2D eigenvalue weighted by molar-refractivity contribution is -0.129. The van der Waals surface area contributed by atoms with E-state index in [1.54, 1.807) is 29.7 Å². The fourth-order valence-electron chi connectivity index (χ4n) is 8.00. The molecule has 5 rings (SSSR count). The molecule has 4 aliphatic carbocycles. The van der Waals surface area contributed by atoms with Crippen molar-refractivity contribution in [1.82, 2.24) is 16.1 Å². The molecule has 4 atom stereocenters. The Morgan fingerprint density at radius 2 is 1.53 bits per heavy atom. The van der Waals surface area contributed by atoms with Gasteiger partial charge in [-0.3, -0.25) is 14.8 Å². The minimum Gasteiger partial charge on any atom is -0.352 e. The molecule has 4 aliphatic rings. The Hall–Kier alpha value is -2.61. The summed E-state index contributed by atoms with van der Waals surface area (Å²) < 4.78 is 0. The van der Waals surface area contributed by atoms with Gasteiger partial charge in [0.25, 0.3) is 5.91 Å². The molecule has 4 fully saturated rings. The zero-order chi connectivity index (χ0) is 25.8. The third-order valence-electron chi connectivity index (χ3n) is 8.40. The van der Waals surface area contributed by atoms with Gasteiger partial charge in [0, 0.05) is 29.8 Å². The van der Waals surface area contributed by atoms with Crippen LogP contribution in [0.2, 0.25) is 0 Å². The molecule has 5 N–H and O–H groups in total. The summed E-state index contributed by atoms with van der Waals surface area (Å²) in [4.78, 5) is 36.3. The van der Waals surface area contributed by atoms with E-state index >= 15 is 0 Å². The van der Waals surface area contributed by atoms with E-state index in [0.717, 1.165) is 57.3 Å². The van der Waals surface area contributed by atoms with E-state index in [2.05, 4.69) is 29.8 Å². The Morgan fingerprint density at radius 1 is 0.889 bits per heavy atom. The molecular formula is C28H42N4O4. The topological polar surface area (TPSA) is 120 Å². The molecule has 8 heteroatoms. The molecule has 198 valence electrons. The van der Waals surface area contributed by atoms with Crippen molar-refractivity contribution in [2.24, 2.45) is 16.7 Å². The Morgan fingerprint density at radius 3 is 2.17 bits per heavy atom. The van der Waals surface area contributed by atoms with E-state index < -0.39 is 0 Å². The quantitative estimate of drug-likeness (QED) is 0.165. The van der Waals surface area contributed by atoms with Gasteiger partial charge in [0.2, 0.25) is 5.91 Å². The minimum atomic E-state index is -0.351. The second-order valence-electron chi connectivity index (χ2n) is 12.4.